The molecule has 4 heteroatoms. The van der Waals surface area contributed by atoms with Gasteiger partial charge in [0.1, 0.15) is 6.04 Å². The summed E-state index contributed by atoms with van der Waals surface area (Å²) >= 11 is 0. The Labute approximate surface area is 71.3 Å². The minimum Gasteiger partial charge on any atom is -0.480 e. The monoisotopic (exact) mass is 171 g/mol. The lowest BCUT2D eigenvalue weighted by atomic mass is 10.1. The molecule has 0 aliphatic carbocycles. The Morgan fingerprint density at radius 3 is 2.25 bits per heavy atom. The molecule has 12 heavy (non-hydrogen) atoms. The van der Waals surface area contributed by atoms with E-state index in [4.69, 9.17) is 5.11 Å². The average molecular weight is 171 g/mol. The molecule has 0 bridgehead atoms. The molecular formula is C8H13NO3. The fraction of sp³-hybridized carbons (Fsp3) is 0.500. The lowest BCUT2D eigenvalue weighted by Gasteiger charge is -2.16. The minimum atomic E-state index is -1.03. The van der Waals surface area contributed by atoms with Gasteiger partial charge >= 0.3 is 5.97 Å². The van der Waals surface area contributed by atoms with Gasteiger partial charge < -0.3 is 10.4 Å². The van der Waals surface area contributed by atoms with Crippen molar-refractivity contribution in [2.45, 2.75) is 19.9 Å². The van der Waals surface area contributed by atoms with Crippen molar-refractivity contribution in [3.8, 4) is 0 Å². The summed E-state index contributed by atoms with van der Waals surface area (Å²) in [5.74, 6) is -1.62. The number of aliphatic carboxylic acids is 1. The van der Waals surface area contributed by atoms with Crippen molar-refractivity contribution in [2.24, 2.45) is 5.92 Å². The molecule has 2 N–H and O–H groups in total. The van der Waals surface area contributed by atoms with Gasteiger partial charge in [-0.2, -0.15) is 0 Å². The molecule has 0 aromatic heterocycles. The van der Waals surface area contributed by atoms with Crippen molar-refractivity contribution in [1.29, 1.82) is 0 Å². The quantitative estimate of drug-likeness (QED) is 0.601. The molecule has 0 spiro atoms. The first-order valence-electron chi connectivity index (χ1n) is 3.64. The molecule has 0 radical (unpaired) electrons. The van der Waals surface area contributed by atoms with Crippen LogP contribution < -0.4 is 5.32 Å². The van der Waals surface area contributed by atoms with Crippen LogP contribution >= 0.6 is 0 Å². The normalized spacial score (nSPS) is 12.2. The van der Waals surface area contributed by atoms with Crippen LogP contribution in [0.5, 0.6) is 0 Å². The summed E-state index contributed by atoms with van der Waals surface area (Å²) in [5, 5.41) is 10.9. The summed E-state index contributed by atoms with van der Waals surface area (Å²) in [4.78, 5) is 21.3. The summed E-state index contributed by atoms with van der Waals surface area (Å²) in [5.41, 5.74) is 0. The highest BCUT2D eigenvalue weighted by atomic mass is 16.4. The van der Waals surface area contributed by atoms with Crippen LogP contribution in [0.3, 0.4) is 0 Å². The number of carboxylic acids is 1. The maximum atomic E-state index is 10.7. The predicted molar refractivity (Wildman–Crippen MR) is 44.6 cm³/mol. The van der Waals surface area contributed by atoms with Gasteiger partial charge in [0.25, 0.3) is 0 Å². The van der Waals surface area contributed by atoms with Crippen molar-refractivity contribution in [3.63, 3.8) is 0 Å². The molecule has 1 amide bonds. The number of hydrogen-bond donors (Lipinski definition) is 2. The lowest BCUT2D eigenvalue weighted by molar-refractivity contribution is -0.142. The molecule has 0 aromatic carbocycles. The molecule has 0 rings (SSSR count). The average Bonchev–Trinajstić information content (AvgIpc) is 1.98. The third-order valence-corrected chi connectivity index (χ3v) is 1.42. The molecule has 4 nitrogen and oxygen atoms in total. The molecule has 0 unspecified atom stereocenters. The zero-order valence-corrected chi connectivity index (χ0v) is 7.20. The molecule has 0 aliphatic rings. The van der Waals surface area contributed by atoms with Crippen LogP contribution in [-0.2, 0) is 9.59 Å². The zero-order chi connectivity index (χ0) is 9.72. The Kier molecular flexibility index (Phi) is 4.04. The number of rotatable bonds is 4. The Bertz CT molecular complexity index is 198. The first-order chi connectivity index (χ1) is 5.49. The summed E-state index contributed by atoms with van der Waals surface area (Å²) < 4.78 is 0. The third kappa shape index (κ3) is 3.18. The molecule has 0 aliphatic heterocycles. The minimum absolute atomic E-state index is 0.133. The van der Waals surface area contributed by atoms with Gasteiger partial charge in [-0.3, -0.25) is 4.79 Å². The fourth-order valence-corrected chi connectivity index (χ4v) is 0.726. The fourth-order valence-electron chi connectivity index (χ4n) is 0.726. The molecule has 1 atom stereocenters. The van der Waals surface area contributed by atoms with E-state index in [1.807, 2.05) is 0 Å². The highest BCUT2D eigenvalue weighted by Gasteiger charge is 2.21. The number of nitrogens with one attached hydrogen (secondary N) is 1. The summed E-state index contributed by atoms with van der Waals surface area (Å²) in [6, 6.07) is -0.838. The molecule has 0 saturated heterocycles. The van der Waals surface area contributed by atoms with E-state index in [9.17, 15) is 9.59 Å². The standard InChI is InChI=1S/C8H13NO3/c1-4-6(10)9-7(5(2)3)8(11)12/h4-5,7H,1H2,2-3H3,(H,9,10)(H,11,12)/t7-/m0/s1. The van der Waals surface area contributed by atoms with Crippen molar-refractivity contribution in [1.82, 2.24) is 5.32 Å². The van der Waals surface area contributed by atoms with Gasteiger partial charge in [0.15, 0.2) is 0 Å². The van der Waals surface area contributed by atoms with Crippen molar-refractivity contribution in [3.05, 3.63) is 12.7 Å². The summed E-state index contributed by atoms with van der Waals surface area (Å²) in [7, 11) is 0. The first kappa shape index (κ1) is 10.7. The predicted octanol–water partition coefficient (Wildman–Crippen LogP) is 0.398. The van der Waals surface area contributed by atoms with Crippen LogP contribution in [0.4, 0.5) is 0 Å². The van der Waals surface area contributed by atoms with Gasteiger partial charge in [-0.25, -0.2) is 4.79 Å². The van der Waals surface area contributed by atoms with E-state index < -0.39 is 17.9 Å². The smallest absolute Gasteiger partial charge is 0.326 e. The molecule has 0 fully saturated rings. The van der Waals surface area contributed by atoms with E-state index in [1.54, 1.807) is 13.8 Å². The Balaban J connectivity index is 4.23. The van der Waals surface area contributed by atoms with Gasteiger partial charge in [0.2, 0.25) is 5.91 Å². The first-order valence-corrected chi connectivity index (χ1v) is 3.64. The maximum Gasteiger partial charge on any atom is 0.326 e. The van der Waals surface area contributed by atoms with Gasteiger partial charge in [-0.05, 0) is 12.0 Å². The Morgan fingerprint density at radius 2 is 2.00 bits per heavy atom. The molecule has 68 valence electrons. The Morgan fingerprint density at radius 1 is 1.50 bits per heavy atom. The van der Waals surface area contributed by atoms with Gasteiger partial charge in [0, 0.05) is 0 Å². The topological polar surface area (TPSA) is 66.4 Å². The van der Waals surface area contributed by atoms with Crippen molar-refractivity contribution >= 4 is 11.9 Å². The second-order valence-electron chi connectivity index (χ2n) is 2.77. The van der Waals surface area contributed by atoms with Crippen LogP contribution in [-0.4, -0.2) is 23.0 Å². The van der Waals surface area contributed by atoms with E-state index in [0.717, 1.165) is 6.08 Å². The molecule has 0 aromatic rings. The van der Waals surface area contributed by atoms with Crippen LogP contribution in [0.1, 0.15) is 13.8 Å². The van der Waals surface area contributed by atoms with Crippen LogP contribution in [0.15, 0.2) is 12.7 Å². The van der Waals surface area contributed by atoms with Crippen LogP contribution in [0, 0.1) is 5.92 Å². The van der Waals surface area contributed by atoms with E-state index in [1.165, 1.54) is 0 Å². The number of amides is 1. The lowest BCUT2D eigenvalue weighted by Crippen LogP contribution is -2.43. The summed E-state index contributed by atoms with van der Waals surface area (Å²) in [6.45, 7) is 6.68. The zero-order valence-electron chi connectivity index (χ0n) is 7.20. The number of carboxylic acid groups (broad SMARTS) is 1. The number of hydrogen-bond acceptors (Lipinski definition) is 2. The van der Waals surface area contributed by atoms with E-state index in [2.05, 4.69) is 11.9 Å². The van der Waals surface area contributed by atoms with E-state index in [0.29, 0.717) is 0 Å². The maximum absolute atomic E-state index is 10.7. The second-order valence-corrected chi connectivity index (χ2v) is 2.77. The second kappa shape index (κ2) is 4.54. The van der Waals surface area contributed by atoms with E-state index >= 15 is 0 Å². The van der Waals surface area contributed by atoms with Crippen molar-refractivity contribution < 1.29 is 14.7 Å². The number of carbonyl (C=O) groups is 2. The SMILES string of the molecule is C=CC(=O)N[C@H](C(=O)O)C(C)C. The largest absolute Gasteiger partial charge is 0.480 e. The van der Waals surface area contributed by atoms with Gasteiger partial charge in [0.05, 0.1) is 0 Å². The van der Waals surface area contributed by atoms with Gasteiger partial charge in [-0.1, -0.05) is 20.4 Å². The Hall–Kier alpha value is -1.32. The van der Waals surface area contributed by atoms with Gasteiger partial charge in [-0.15, -0.1) is 0 Å². The van der Waals surface area contributed by atoms with Crippen molar-refractivity contribution in [2.75, 3.05) is 0 Å². The summed E-state index contributed by atoms with van der Waals surface area (Å²) in [6.07, 6.45) is 1.05. The molecule has 0 heterocycles. The number of carbonyl (C=O) groups excluding carboxylic acids is 1. The van der Waals surface area contributed by atoms with E-state index in [-0.39, 0.29) is 5.92 Å². The highest BCUT2D eigenvalue weighted by molar-refractivity contribution is 5.90. The van der Waals surface area contributed by atoms with Crippen LogP contribution in [0.25, 0.3) is 0 Å². The molecular weight excluding hydrogens is 158 g/mol. The van der Waals surface area contributed by atoms with Crippen LogP contribution in [0.2, 0.25) is 0 Å². The highest BCUT2D eigenvalue weighted by Crippen LogP contribution is 2.01. The third-order valence-electron chi connectivity index (χ3n) is 1.42. The molecule has 0 saturated carbocycles.